The molecule has 0 bridgehead atoms. The summed E-state index contributed by atoms with van der Waals surface area (Å²) in [6, 6.07) is 7.71. The molecule has 0 aliphatic heterocycles. The van der Waals surface area contributed by atoms with Gasteiger partial charge in [0.25, 0.3) is 0 Å². The van der Waals surface area contributed by atoms with E-state index in [0.29, 0.717) is 11.6 Å². The highest BCUT2D eigenvalue weighted by Crippen LogP contribution is 2.26. The monoisotopic (exact) mass is 207 g/mol. The van der Waals surface area contributed by atoms with E-state index in [1.165, 1.54) is 6.39 Å². The Morgan fingerprint density at radius 1 is 1.36 bits per heavy atom. The Balaban J connectivity index is 2.02. The summed E-state index contributed by atoms with van der Waals surface area (Å²) < 4.78 is 4.63. The lowest BCUT2D eigenvalue weighted by atomic mass is 10.3. The maximum Gasteiger partial charge on any atom is 0.213 e. The van der Waals surface area contributed by atoms with E-state index in [9.17, 15) is 0 Å². The second kappa shape index (κ2) is 4.15. The van der Waals surface area contributed by atoms with Gasteiger partial charge >= 0.3 is 0 Å². The quantitative estimate of drug-likeness (QED) is 0.615. The van der Waals surface area contributed by atoms with Crippen LogP contribution in [0.1, 0.15) is 5.82 Å². The molecule has 0 unspecified atom stereocenters. The average molecular weight is 207 g/mol. The summed E-state index contributed by atoms with van der Waals surface area (Å²) >= 11 is 1.59. The highest BCUT2D eigenvalue weighted by atomic mass is 32.2. The number of nitrogens with two attached hydrogens (primary N) is 1. The summed E-state index contributed by atoms with van der Waals surface area (Å²) in [6.07, 6.45) is 1.32. The molecule has 0 fully saturated rings. The van der Waals surface area contributed by atoms with Gasteiger partial charge in [-0.3, -0.25) is 0 Å². The number of rotatable bonds is 3. The topological polar surface area (TPSA) is 64.9 Å². The summed E-state index contributed by atoms with van der Waals surface area (Å²) in [5, 5.41) is 3.71. The van der Waals surface area contributed by atoms with Crippen molar-refractivity contribution < 1.29 is 4.52 Å². The van der Waals surface area contributed by atoms with Gasteiger partial charge in [0.2, 0.25) is 6.39 Å². The molecule has 2 rings (SSSR count). The SMILES string of the molecule is Nc1ccccc1SCc1ncon1. The predicted octanol–water partition coefficient (Wildman–Crippen LogP) is 1.94. The first kappa shape index (κ1) is 9.08. The second-order valence-corrected chi connectivity index (χ2v) is 3.69. The highest BCUT2D eigenvalue weighted by molar-refractivity contribution is 7.98. The van der Waals surface area contributed by atoms with E-state index in [1.54, 1.807) is 11.8 Å². The first-order valence-corrected chi connectivity index (χ1v) is 5.07. The fourth-order valence-electron chi connectivity index (χ4n) is 1.01. The first-order chi connectivity index (χ1) is 6.86. The van der Waals surface area contributed by atoms with Crippen LogP contribution in [0.15, 0.2) is 40.1 Å². The predicted molar refractivity (Wildman–Crippen MR) is 54.7 cm³/mol. The Morgan fingerprint density at radius 3 is 2.93 bits per heavy atom. The van der Waals surface area contributed by atoms with E-state index in [2.05, 4.69) is 14.7 Å². The molecular formula is C9H9N3OS. The number of hydrogen-bond donors (Lipinski definition) is 1. The third-order valence-electron chi connectivity index (χ3n) is 1.68. The number of thioether (sulfide) groups is 1. The minimum atomic E-state index is 0.671. The minimum absolute atomic E-state index is 0.671. The number of benzene rings is 1. The normalized spacial score (nSPS) is 10.3. The van der Waals surface area contributed by atoms with Gasteiger partial charge in [0, 0.05) is 10.6 Å². The maximum atomic E-state index is 5.77. The first-order valence-electron chi connectivity index (χ1n) is 4.09. The molecule has 1 aromatic heterocycles. The summed E-state index contributed by atoms with van der Waals surface area (Å²) in [5.41, 5.74) is 6.55. The lowest BCUT2D eigenvalue weighted by molar-refractivity contribution is 0.412. The molecule has 2 aromatic rings. The van der Waals surface area contributed by atoms with Gasteiger partial charge in [-0.15, -0.1) is 11.8 Å². The van der Waals surface area contributed by atoms with Gasteiger partial charge < -0.3 is 10.3 Å². The van der Waals surface area contributed by atoms with E-state index >= 15 is 0 Å². The highest BCUT2D eigenvalue weighted by Gasteiger charge is 2.02. The molecule has 14 heavy (non-hydrogen) atoms. The standard InChI is InChI=1S/C9H9N3OS/c10-7-3-1-2-4-8(7)14-5-9-11-6-13-12-9/h1-4,6H,5,10H2. The number of nitrogen functional groups attached to an aromatic ring is 1. The zero-order valence-electron chi connectivity index (χ0n) is 7.38. The van der Waals surface area contributed by atoms with Crippen molar-refractivity contribution in [1.82, 2.24) is 10.1 Å². The van der Waals surface area contributed by atoms with Gasteiger partial charge in [0.1, 0.15) is 0 Å². The minimum Gasteiger partial charge on any atom is -0.398 e. The molecule has 1 aromatic carbocycles. The molecule has 1 heterocycles. The Morgan fingerprint density at radius 2 is 2.21 bits per heavy atom. The number of hydrogen-bond acceptors (Lipinski definition) is 5. The van der Waals surface area contributed by atoms with Gasteiger partial charge in [0.15, 0.2) is 5.82 Å². The molecule has 72 valence electrons. The largest absolute Gasteiger partial charge is 0.398 e. The van der Waals surface area contributed by atoms with Crippen molar-refractivity contribution in [2.75, 3.05) is 5.73 Å². The molecule has 4 nitrogen and oxygen atoms in total. The van der Waals surface area contributed by atoms with Gasteiger partial charge in [0.05, 0.1) is 5.75 Å². The number of nitrogens with zero attached hydrogens (tertiary/aromatic N) is 2. The molecule has 5 heteroatoms. The Hall–Kier alpha value is -1.49. The molecule has 0 amide bonds. The van der Waals surface area contributed by atoms with E-state index in [-0.39, 0.29) is 0 Å². The molecule has 0 aliphatic rings. The van der Waals surface area contributed by atoms with E-state index in [1.807, 2.05) is 24.3 Å². The second-order valence-electron chi connectivity index (χ2n) is 2.67. The molecule has 0 spiro atoms. The lowest BCUT2D eigenvalue weighted by Crippen LogP contribution is -1.89. The molecule has 0 saturated heterocycles. The third-order valence-corrected chi connectivity index (χ3v) is 2.77. The fraction of sp³-hybridized carbons (Fsp3) is 0.111. The Labute approximate surface area is 85.5 Å². The molecule has 0 atom stereocenters. The summed E-state index contributed by atoms with van der Waals surface area (Å²) in [5.74, 6) is 1.35. The molecule has 0 radical (unpaired) electrons. The van der Waals surface area contributed by atoms with Crippen LogP contribution in [-0.2, 0) is 5.75 Å². The van der Waals surface area contributed by atoms with Gasteiger partial charge in [-0.1, -0.05) is 17.3 Å². The summed E-state index contributed by atoms with van der Waals surface area (Å²) in [4.78, 5) is 4.96. The molecule has 0 aliphatic carbocycles. The lowest BCUT2D eigenvalue weighted by Gasteiger charge is -2.01. The van der Waals surface area contributed by atoms with Crippen molar-refractivity contribution in [3.8, 4) is 0 Å². The van der Waals surface area contributed by atoms with Crippen LogP contribution in [0.5, 0.6) is 0 Å². The van der Waals surface area contributed by atoms with Crippen molar-refractivity contribution in [1.29, 1.82) is 0 Å². The molecule has 2 N–H and O–H groups in total. The van der Waals surface area contributed by atoms with E-state index < -0.39 is 0 Å². The maximum absolute atomic E-state index is 5.77. The van der Waals surface area contributed by atoms with Crippen molar-refractivity contribution in [2.24, 2.45) is 0 Å². The van der Waals surface area contributed by atoms with Crippen LogP contribution in [-0.4, -0.2) is 10.1 Å². The van der Waals surface area contributed by atoms with Crippen molar-refractivity contribution in [3.05, 3.63) is 36.5 Å². The van der Waals surface area contributed by atoms with Gasteiger partial charge in [-0.25, -0.2) is 0 Å². The van der Waals surface area contributed by atoms with Gasteiger partial charge in [-0.05, 0) is 12.1 Å². The van der Waals surface area contributed by atoms with E-state index in [4.69, 9.17) is 5.73 Å². The summed E-state index contributed by atoms with van der Waals surface area (Å²) in [6.45, 7) is 0. The van der Waals surface area contributed by atoms with Crippen LogP contribution >= 0.6 is 11.8 Å². The van der Waals surface area contributed by atoms with Crippen LogP contribution in [0, 0.1) is 0 Å². The molecule has 0 saturated carbocycles. The van der Waals surface area contributed by atoms with E-state index in [0.717, 1.165) is 10.6 Å². The number of anilines is 1. The van der Waals surface area contributed by atoms with Crippen LogP contribution in [0.3, 0.4) is 0 Å². The smallest absolute Gasteiger partial charge is 0.213 e. The van der Waals surface area contributed by atoms with Crippen molar-refractivity contribution in [2.45, 2.75) is 10.6 Å². The fourth-order valence-corrected chi connectivity index (χ4v) is 1.83. The van der Waals surface area contributed by atoms with Crippen LogP contribution in [0.25, 0.3) is 0 Å². The van der Waals surface area contributed by atoms with Gasteiger partial charge in [-0.2, -0.15) is 4.98 Å². The van der Waals surface area contributed by atoms with Crippen molar-refractivity contribution in [3.63, 3.8) is 0 Å². The van der Waals surface area contributed by atoms with Crippen LogP contribution in [0.2, 0.25) is 0 Å². The third kappa shape index (κ3) is 2.05. The molecular weight excluding hydrogens is 198 g/mol. The van der Waals surface area contributed by atoms with Crippen LogP contribution < -0.4 is 5.73 Å². The van der Waals surface area contributed by atoms with Crippen LogP contribution in [0.4, 0.5) is 5.69 Å². The summed E-state index contributed by atoms with van der Waals surface area (Å²) in [7, 11) is 0. The Kier molecular flexibility index (Phi) is 2.69. The van der Waals surface area contributed by atoms with Crippen molar-refractivity contribution >= 4 is 17.4 Å². The Bertz CT molecular complexity index is 402. The zero-order valence-corrected chi connectivity index (χ0v) is 8.20. The average Bonchev–Trinajstić information content (AvgIpc) is 2.69. The number of para-hydroxylation sites is 1. The number of aromatic nitrogens is 2. The zero-order chi connectivity index (χ0) is 9.80.